The number of carbonyl (C=O) groups is 1. The number of rotatable bonds is 4. The summed E-state index contributed by atoms with van der Waals surface area (Å²) in [6.07, 6.45) is 1.68. The molecule has 88 valence electrons. The Kier molecular flexibility index (Phi) is 3.58. The molecule has 1 N–H and O–H groups in total. The molecule has 0 bridgehead atoms. The summed E-state index contributed by atoms with van der Waals surface area (Å²) in [6.45, 7) is 1.68. The van der Waals surface area contributed by atoms with Crippen LogP contribution in [0.2, 0.25) is 0 Å². The fraction of sp³-hybridized carbons (Fsp3) is 0.250. The molecule has 0 spiro atoms. The first-order chi connectivity index (χ1) is 8.16. The molecule has 0 saturated carbocycles. The van der Waals surface area contributed by atoms with Crippen molar-refractivity contribution < 1.29 is 9.90 Å². The van der Waals surface area contributed by atoms with Crippen LogP contribution < -0.4 is 0 Å². The summed E-state index contributed by atoms with van der Waals surface area (Å²) in [5.41, 5.74) is 1.68. The number of aliphatic carboxylic acids is 1. The van der Waals surface area contributed by atoms with Crippen LogP contribution in [-0.4, -0.2) is 26.8 Å². The van der Waals surface area contributed by atoms with Crippen molar-refractivity contribution in [1.82, 2.24) is 9.97 Å². The van der Waals surface area contributed by atoms with E-state index in [2.05, 4.69) is 9.97 Å². The molecule has 0 aliphatic rings. The molecule has 1 aromatic carbocycles. The zero-order valence-electron chi connectivity index (χ0n) is 9.33. The molecular formula is C12H12N2O2S. The van der Waals surface area contributed by atoms with Gasteiger partial charge in [0.15, 0.2) is 0 Å². The average molecular weight is 248 g/mol. The van der Waals surface area contributed by atoms with Crippen molar-refractivity contribution in [3.63, 3.8) is 0 Å². The molecule has 1 aromatic heterocycles. The van der Waals surface area contributed by atoms with Crippen LogP contribution in [0.25, 0.3) is 11.0 Å². The van der Waals surface area contributed by atoms with Gasteiger partial charge in [0.2, 0.25) is 0 Å². The van der Waals surface area contributed by atoms with E-state index in [1.165, 1.54) is 11.8 Å². The summed E-state index contributed by atoms with van der Waals surface area (Å²) >= 11 is 1.42. The van der Waals surface area contributed by atoms with Gasteiger partial charge in [-0.25, -0.2) is 4.98 Å². The highest BCUT2D eigenvalue weighted by molar-refractivity contribution is 7.99. The summed E-state index contributed by atoms with van der Waals surface area (Å²) in [5.74, 6) is -0.665. The van der Waals surface area contributed by atoms with E-state index in [1.54, 1.807) is 13.1 Å². The minimum atomic E-state index is -0.786. The Morgan fingerprint density at radius 1 is 1.41 bits per heavy atom. The van der Waals surface area contributed by atoms with Crippen LogP contribution in [0.5, 0.6) is 0 Å². The van der Waals surface area contributed by atoms with E-state index in [0.717, 1.165) is 16.1 Å². The topological polar surface area (TPSA) is 63.1 Å². The maximum Gasteiger partial charge on any atom is 0.307 e. The molecule has 1 heterocycles. The lowest BCUT2D eigenvalue weighted by Crippen LogP contribution is -2.11. The third-order valence-electron chi connectivity index (χ3n) is 2.33. The van der Waals surface area contributed by atoms with Crippen molar-refractivity contribution in [3.05, 3.63) is 30.5 Å². The van der Waals surface area contributed by atoms with E-state index >= 15 is 0 Å². The van der Waals surface area contributed by atoms with Crippen LogP contribution in [0.3, 0.4) is 0 Å². The molecule has 1 unspecified atom stereocenters. The largest absolute Gasteiger partial charge is 0.481 e. The van der Waals surface area contributed by atoms with Crippen molar-refractivity contribution in [1.29, 1.82) is 0 Å². The lowest BCUT2D eigenvalue weighted by molar-refractivity contribution is -0.140. The van der Waals surface area contributed by atoms with E-state index in [4.69, 9.17) is 5.11 Å². The highest BCUT2D eigenvalue weighted by atomic mass is 32.2. The normalized spacial score (nSPS) is 12.5. The second-order valence-corrected chi connectivity index (χ2v) is 4.79. The van der Waals surface area contributed by atoms with Gasteiger partial charge in [-0.1, -0.05) is 19.1 Å². The van der Waals surface area contributed by atoms with Gasteiger partial charge in [0.25, 0.3) is 0 Å². The van der Waals surface area contributed by atoms with E-state index in [9.17, 15) is 4.79 Å². The first-order valence-corrected chi connectivity index (χ1v) is 6.23. The lowest BCUT2D eigenvalue weighted by atomic mass is 10.2. The molecule has 0 amide bonds. The molecule has 1 atom stereocenters. The maximum absolute atomic E-state index is 10.7. The Bertz CT molecular complexity index is 545. The van der Waals surface area contributed by atoms with Crippen molar-refractivity contribution in [3.8, 4) is 0 Å². The van der Waals surface area contributed by atoms with Gasteiger partial charge >= 0.3 is 5.97 Å². The molecule has 0 aliphatic carbocycles. The Hall–Kier alpha value is -1.62. The monoisotopic (exact) mass is 248 g/mol. The highest BCUT2D eigenvalue weighted by Gasteiger charge is 2.11. The van der Waals surface area contributed by atoms with Gasteiger partial charge in [-0.3, -0.25) is 9.78 Å². The summed E-state index contributed by atoms with van der Waals surface area (Å²) in [7, 11) is 0. The number of carboxylic acid groups (broad SMARTS) is 1. The third kappa shape index (κ3) is 2.94. The molecule has 0 fully saturated rings. The summed E-state index contributed by atoms with van der Waals surface area (Å²) < 4.78 is 0. The van der Waals surface area contributed by atoms with Crippen LogP contribution in [0.4, 0.5) is 0 Å². The average Bonchev–Trinajstić information content (AvgIpc) is 2.35. The number of nitrogens with zero attached hydrogens (tertiary/aromatic N) is 2. The Labute approximate surface area is 103 Å². The summed E-state index contributed by atoms with van der Waals surface area (Å²) in [6, 6.07) is 7.62. The predicted molar refractivity (Wildman–Crippen MR) is 67.1 cm³/mol. The van der Waals surface area contributed by atoms with Gasteiger partial charge < -0.3 is 5.11 Å². The van der Waals surface area contributed by atoms with Crippen LogP contribution in [0, 0.1) is 5.92 Å². The van der Waals surface area contributed by atoms with E-state index in [0.29, 0.717) is 5.75 Å². The second kappa shape index (κ2) is 5.14. The fourth-order valence-corrected chi connectivity index (χ4v) is 2.14. The Morgan fingerprint density at radius 3 is 2.82 bits per heavy atom. The van der Waals surface area contributed by atoms with E-state index < -0.39 is 5.97 Å². The van der Waals surface area contributed by atoms with E-state index in [1.807, 2.05) is 24.3 Å². The molecule has 0 radical (unpaired) electrons. The number of thioether (sulfide) groups is 1. The maximum atomic E-state index is 10.7. The van der Waals surface area contributed by atoms with Gasteiger partial charge in [0.1, 0.15) is 5.03 Å². The minimum Gasteiger partial charge on any atom is -0.481 e. The molecule has 2 aromatic rings. The Morgan fingerprint density at radius 2 is 2.12 bits per heavy atom. The minimum absolute atomic E-state index is 0.381. The SMILES string of the molecule is CC(CSc1cnc2ccccc2n1)C(=O)O. The van der Waals surface area contributed by atoms with Crippen molar-refractivity contribution >= 4 is 28.8 Å². The van der Waals surface area contributed by atoms with Gasteiger partial charge in [0.05, 0.1) is 23.1 Å². The lowest BCUT2D eigenvalue weighted by Gasteiger charge is -2.05. The zero-order valence-corrected chi connectivity index (χ0v) is 10.1. The molecular weight excluding hydrogens is 236 g/mol. The molecule has 5 heteroatoms. The smallest absolute Gasteiger partial charge is 0.307 e. The van der Waals surface area contributed by atoms with Gasteiger partial charge in [-0.2, -0.15) is 0 Å². The number of carboxylic acids is 1. The molecule has 2 rings (SSSR count). The molecule has 0 saturated heterocycles. The number of hydrogen-bond donors (Lipinski definition) is 1. The summed E-state index contributed by atoms with van der Waals surface area (Å²) in [5, 5.41) is 9.54. The number of fused-ring (bicyclic) bond motifs is 1. The van der Waals surface area contributed by atoms with Gasteiger partial charge in [-0.05, 0) is 12.1 Å². The highest BCUT2D eigenvalue weighted by Crippen LogP contribution is 2.20. The number of para-hydroxylation sites is 2. The van der Waals surface area contributed by atoms with Crippen LogP contribution in [-0.2, 0) is 4.79 Å². The second-order valence-electron chi connectivity index (χ2n) is 3.75. The van der Waals surface area contributed by atoms with Crippen molar-refractivity contribution in [2.45, 2.75) is 11.9 Å². The third-order valence-corrected chi connectivity index (χ3v) is 3.49. The Balaban J connectivity index is 2.12. The quantitative estimate of drug-likeness (QED) is 0.842. The van der Waals surface area contributed by atoms with Crippen LogP contribution in [0.1, 0.15) is 6.92 Å². The number of aromatic nitrogens is 2. The van der Waals surface area contributed by atoms with Crippen molar-refractivity contribution in [2.24, 2.45) is 5.92 Å². The molecule has 0 aliphatic heterocycles. The standard InChI is InChI=1S/C12H12N2O2S/c1-8(12(15)16)7-17-11-6-13-9-4-2-3-5-10(9)14-11/h2-6,8H,7H2,1H3,(H,15,16). The first-order valence-electron chi connectivity index (χ1n) is 5.24. The number of hydrogen-bond acceptors (Lipinski definition) is 4. The zero-order chi connectivity index (χ0) is 12.3. The van der Waals surface area contributed by atoms with Gasteiger partial charge in [0, 0.05) is 5.75 Å². The first kappa shape index (κ1) is 11.9. The fourth-order valence-electron chi connectivity index (χ4n) is 1.29. The molecule has 4 nitrogen and oxygen atoms in total. The molecule has 17 heavy (non-hydrogen) atoms. The summed E-state index contributed by atoms with van der Waals surface area (Å²) in [4.78, 5) is 19.4. The van der Waals surface area contributed by atoms with Crippen LogP contribution >= 0.6 is 11.8 Å². The number of benzene rings is 1. The predicted octanol–water partition coefficient (Wildman–Crippen LogP) is 2.44. The van der Waals surface area contributed by atoms with E-state index in [-0.39, 0.29) is 5.92 Å². The van der Waals surface area contributed by atoms with Crippen LogP contribution in [0.15, 0.2) is 35.5 Å². The van der Waals surface area contributed by atoms with Crippen molar-refractivity contribution in [2.75, 3.05) is 5.75 Å². The van der Waals surface area contributed by atoms with Gasteiger partial charge in [-0.15, -0.1) is 11.8 Å².